The van der Waals surface area contributed by atoms with Gasteiger partial charge in [-0.15, -0.1) is 0 Å². The van der Waals surface area contributed by atoms with Crippen LogP contribution in [-0.4, -0.2) is 54.2 Å². The summed E-state index contributed by atoms with van der Waals surface area (Å²) < 4.78 is 5.61. The summed E-state index contributed by atoms with van der Waals surface area (Å²) in [5.74, 6) is -1.87. The Balaban J connectivity index is 1.60. The summed E-state index contributed by atoms with van der Waals surface area (Å²) >= 11 is 0. The van der Waals surface area contributed by atoms with Gasteiger partial charge in [-0.2, -0.15) is 0 Å². The van der Waals surface area contributed by atoms with Gasteiger partial charge in [-0.05, 0) is 28.2 Å². The van der Waals surface area contributed by atoms with Gasteiger partial charge in [0.05, 0.1) is 5.92 Å². The number of hydrogen-bond acceptors (Lipinski definition) is 4. The molecule has 0 saturated carbocycles. The number of carboxylic acid groups (broad SMARTS) is 1. The number of benzene rings is 2. The molecule has 1 unspecified atom stereocenters. The molecule has 7 heteroatoms. The summed E-state index contributed by atoms with van der Waals surface area (Å²) in [6.45, 7) is 5.71. The number of rotatable bonds is 9. The predicted molar refractivity (Wildman–Crippen MR) is 126 cm³/mol. The van der Waals surface area contributed by atoms with Crippen molar-refractivity contribution in [3.63, 3.8) is 0 Å². The van der Waals surface area contributed by atoms with Gasteiger partial charge in [0.25, 0.3) is 0 Å². The molecule has 2 N–H and O–H groups in total. The van der Waals surface area contributed by atoms with Crippen LogP contribution < -0.4 is 5.32 Å². The molecule has 0 spiro atoms. The van der Waals surface area contributed by atoms with Gasteiger partial charge in [0.15, 0.2) is 0 Å². The van der Waals surface area contributed by atoms with E-state index in [1.807, 2.05) is 38.1 Å². The second kappa shape index (κ2) is 10.5. The maximum atomic E-state index is 12.6. The molecule has 0 saturated heterocycles. The number of carbonyl (C=O) groups is 3. The van der Waals surface area contributed by atoms with E-state index < -0.39 is 24.0 Å². The Morgan fingerprint density at radius 1 is 1.00 bits per heavy atom. The third kappa shape index (κ3) is 5.72. The van der Waals surface area contributed by atoms with Crippen molar-refractivity contribution in [2.45, 2.75) is 39.2 Å². The Morgan fingerprint density at radius 2 is 1.55 bits per heavy atom. The topological polar surface area (TPSA) is 95.9 Å². The van der Waals surface area contributed by atoms with Crippen LogP contribution in [-0.2, 0) is 14.3 Å². The molecule has 0 aromatic heterocycles. The van der Waals surface area contributed by atoms with E-state index in [2.05, 4.69) is 29.6 Å². The fourth-order valence-corrected chi connectivity index (χ4v) is 4.18. The second-order valence-corrected chi connectivity index (χ2v) is 9.04. The molecule has 2 amide bonds. The summed E-state index contributed by atoms with van der Waals surface area (Å²) in [5, 5.41) is 11.9. The predicted octanol–water partition coefficient (Wildman–Crippen LogP) is 4.12. The molecule has 0 aliphatic heterocycles. The molecule has 33 heavy (non-hydrogen) atoms. The minimum atomic E-state index is -0.952. The number of hydrogen-bond donors (Lipinski definition) is 2. The minimum Gasteiger partial charge on any atom is -0.481 e. The van der Waals surface area contributed by atoms with E-state index in [1.165, 1.54) is 4.90 Å². The summed E-state index contributed by atoms with van der Waals surface area (Å²) in [4.78, 5) is 37.7. The fourth-order valence-electron chi connectivity index (χ4n) is 4.18. The molecule has 0 bridgehead atoms. The van der Waals surface area contributed by atoms with Crippen molar-refractivity contribution >= 4 is 18.0 Å². The molecule has 7 nitrogen and oxygen atoms in total. The van der Waals surface area contributed by atoms with Crippen LogP contribution in [0.5, 0.6) is 0 Å². The number of aliphatic carboxylic acids is 1. The van der Waals surface area contributed by atoms with Crippen LogP contribution in [0.3, 0.4) is 0 Å². The quantitative estimate of drug-likeness (QED) is 0.597. The lowest BCUT2D eigenvalue weighted by Crippen LogP contribution is -2.44. The normalized spacial score (nSPS) is 14.2. The first-order valence-corrected chi connectivity index (χ1v) is 11.3. The monoisotopic (exact) mass is 452 g/mol. The number of carbonyl (C=O) groups excluding carboxylic acids is 2. The maximum Gasteiger partial charge on any atom is 0.407 e. The van der Waals surface area contributed by atoms with Crippen molar-refractivity contribution in [2.24, 2.45) is 11.8 Å². The summed E-state index contributed by atoms with van der Waals surface area (Å²) in [6.07, 6.45) is -0.491. The lowest BCUT2D eigenvalue weighted by Gasteiger charge is -2.26. The molecule has 1 aliphatic rings. The first-order valence-electron chi connectivity index (χ1n) is 11.3. The lowest BCUT2D eigenvalue weighted by atomic mass is 9.98. The van der Waals surface area contributed by atoms with Crippen LogP contribution in [0.25, 0.3) is 11.1 Å². The van der Waals surface area contributed by atoms with Gasteiger partial charge >= 0.3 is 12.1 Å². The Bertz CT molecular complexity index is 974. The molecule has 3 rings (SSSR count). The first kappa shape index (κ1) is 24.3. The van der Waals surface area contributed by atoms with E-state index in [4.69, 9.17) is 9.84 Å². The number of ether oxygens (including phenoxy) is 1. The van der Waals surface area contributed by atoms with Crippen molar-refractivity contribution < 1.29 is 24.2 Å². The first-order chi connectivity index (χ1) is 15.7. The molecule has 2 aromatic carbocycles. The number of nitrogens with one attached hydrogen (secondary N) is 1. The zero-order valence-corrected chi connectivity index (χ0v) is 19.6. The maximum absolute atomic E-state index is 12.6. The molecule has 0 fully saturated rings. The highest BCUT2D eigenvalue weighted by Gasteiger charge is 2.30. The van der Waals surface area contributed by atoms with E-state index in [1.54, 1.807) is 14.0 Å². The summed E-state index contributed by atoms with van der Waals surface area (Å²) in [7, 11) is 1.58. The molecule has 0 radical (unpaired) electrons. The Morgan fingerprint density at radius 3 is 2.06 bits per heavy atom. The van der Waals surface area contributed by atoms with Gasteiger partial charge in [-0.25, -0.2) is 4.79 Å². The van der Waals surface area contributed by atoms with Crippen molar-refractivity contribution in [3.05, 3.63) is 59.7 Å². The highest BCUT2D eigenvalue weighted by Crippen LogP contribution is 2.44. The smallest absolute Gasteiger partial charge is 0.407 e. The summed E-state index contributed by atoms with van der Waals surface area (Å²) in [6, 6.07) is 15.8. The van der Waals surface area contributed by atoms with E-state index >= 15 is 0 Å². The van der Waals surface area contributed by atoms with Crippen LogP contribution in [0.4, 0.5) is 4.79 Å². The summed E-state index contributed by atoms with van der Waals surface area (Å²) in [5.41, 5.74) is 4.59. The van der Waals surface area contributed by atoms with E-state index in [0.29, 0.717) is 0 Å². The minimum absolute atomic E-state index is 0.000250. The molecule has 1 aliphatic carbocycles. The molecule has 2 aromatic rings. The van der Waals surface area contributed by atoms with Crippen molar-refractivity contribution in [2.75, 3.05) is 20.2 Å². The Labute approximate surface area is 194 Å². The SMILES string of the molecule is CC(CN(C)C(=O)C[C@@H](NC(=O)OCC1c2ccccc2-c2ccccc21)C(C)C)C(=O)O. The molecule has 176 valence electrons. The van der Waals surface area contributed by atoms with Crippen LogP contribution in [0, 0.1) is 11.8 Å². The van der Waals surface area contributed by atoms with Gasteiger partial charge in [0, 0.05) is 32.0 Å². The molecular formula is C26H32N2O5. The van der Waals surface area contributed by atoms with Crippen molar-refractivity contribution in [3.8, 4) is 11.1 Å². The highest BCUT2D eigenvalue weighted by atomic mass is 16.5. The average molecular weight is 453 g/mol. The Kier molecular flexibility index (Phi) is 7.74. The van der Waals surface area contributed by atoms with Crippen LogP contribution in [0.2, 0.25) is 0 Å². The second-order valence-electron chi connectivity index (χ2n) is 9.04. The average Bonchev–Trinajstić information content (AvgIpc) is 3.10. The molecule has 2 atom stereocenters. The lowest BCUT2D eigenvalue weighted by molar-refractivity contribution is -0.142. The molecular weight excluding hydrogens is 420 g/mol. The van der Waals surface area contributed by atoms with E-state index in [9.17, 15) is 14.4 Å². The van der Waals surface area contributed by atoms with Gasteiger partial charge in [0.1, 0.15) is 6.61 Å². The van der Waals surface area contributed by atoms with Crippen molar-refractivity contribution in [1.82, 2.24) is 10.2 Å². The number of alkyl carbamates (subject to hydrolysis) is 1. The van der Waals surface area contributed by atoms with Crippen LogP contribution in [0.15, 0.2) is 48.5 Å². The van der Waals surface area contributed by atoms with Gasteiger partial charge < -0.3 is 20.1 Å². The highest BCUT2D eigenvalue weighted by molar-refractivity contribution is 5.80. The third-order valence-electron chi connectivity index (χ3n) is 6.24. The Hall–Kier alpha value is -3.35. The van der Waals surface area contributed by atoms with Gasteiger partial charge in [0.2, 0.25) is 5.91 Å². The van der Waals surface area contributed by atoms with E-state index in [-0.39, 0.29) is 37.3 Å². The largest absolute Gasteiger partial charge is 0.481 e. The molecule has 0 heterocycles. The number of amides is 2. The van der Waals surface area contributed by atoms with Crippen LogP contribution in [0.1, 0.15) is 44.2 Å². The number of nitrogens with zero attached hydrogens (tertiary/aromatic N) is 1. The van der Waals surface area contributed by atoms with Gasteiger partial charge in [-0.3, -0.25) is 9.59 Å². The van der Waals surface area contributed by atoms with Crippen LogP contribution >= 0.6 is 0 Å². The van der Waals surface area contributed by atoms with Gasteiger partial charge in [-0.1, -0.05) is 69.3 Å². The fraction of sp³-hybridized carbons (Fsp3) is 0.423. The zero-order valence-electron chi connectivity index (χ0n) is 19.6. The van der Waals surface area contributed by atoms with Crippen molar-refractivity contribution in [1.29, 1.82) is 0 Å². The number of carboxylic acids is 1. The standard InChI is InChI=1S/C26H32N2O5/c1-16(2)23(13-24(29)28(4)14-17(3)25(30)31)27-26(32)33-15-22-20-11-7-5-9-18(20)19-10-6-8-12-21(19)22/h5-12,16-17,22-23H,13-15H2,1-4H3,(H,27,32)(H,30,31)/t17?,23-/m1/s1. The third-order valence-corrected chi connectivity index (χ3v) is 6.24. The number of fused-ring (bicyclic) bond motifs is 3. The zero-order chi connectivity index (χ0) is 24.1. The van der Waals surface area contributed by atoms with E-state index in [0.717, 1.165) is 22.3 Å².